The topological polar surface area (TPSA) is 47.1 Å². The van der Waals surface area contributed by atoms with Crippen LogP contribution in [-0.2, 0) is 16.1 Å². The van der Waals surface area contributed by atoms with Crippen LogP contribution in [0.2, 0.25) is 0 Å². The molecule has 0 N–H and O–H groups in total. The van der Waals surface area contributed by atoms with E-state index in [0.717, 1.165) is 71.0 Å². The second kappa shape index (κ2) is 9.55. The molecule has 0 aromatic heterocycles. The van der Waals surface area contributed by atoms with Crippen LogP contribution in [0.4, 0.5) is 0 Å². The molecular weight excluding hydrogens is 436 g/mol. The van der Waals surface area contributed by atoms with Gasteiger partial charge in [0.05, 0.1) is 18.5 Å². The van der Waals surface area contributed by atoms with Gasteiger partial charge in [0.15, 0.2) is 0 Å². The van der Waals surface area contributed by atoms with E-state index < -0.39 is 5.41 Å². The molecule has 1 spiro atoms. The Labute approximate surface area is 209 Å². The monoisotopic (exact) mass is 474 g/mol. The summed E-state index contributed by atoms with van der Waals surface area (Å²) in [5.41, 5.74) is 3.26. The van der Waals surface area contributed by atoms with Crippen molar-refractivity contribution in [3.05, 3.63) is 59.3 Å². The van der Waals surface area contributed by atoms with Gasteiger partial charge in [0.2, 0.25) is 11.8 Å². The lowest BCUT2D eigenvalue weighted by Crippen LogP contribution is -2.55. The molecule has 3 aliphatic heterocycles. The van der Waals surface area contributed by atoms with Crippen molar-refractivity contribution in [3.8, 4) is 0 Å². The van der Waals surface area contributed by atoms with E-state index in [2.05, 4.69) is 43.9 Å². The fraction of sp³-hybridized carbons (Fsp3) is 0.586. The highest BCUT2D eigenvalue weighted by Crippen LogP contribution is 2.51. The van der Waals surface area contributed by atoms with Gasteiger partial charge in [-0.2, -0.15) is 0 Å². The minimum atomic E-state index is -0.408. The first-order chi connectivity index (χ1) is 17.1. The molecule has 3 heterocycles. The maximum absolute atomic E-state index is 13.9. The summed E-state index contributed by atoms with van der Waals surface area (Å²) in [6, 6.07) is 11.1. The molecule has 2 saturated heterocycles. The number of carbonyl (C=O) groups excluding carboxylic acids is 2. The van der Waals surface area contributed by atoms with E-state index in [1.807, 2.05) is 18.2 Å². The number of fused-ring (bicyclic) bond motifs is 1. The van der Waals surface area contributed by atoms with E-state index in [-0.39, 0.29) is 11.8 Å². The zero-order valence-electron chi connectivity index (χ0n) is 20.8. The van der Waals surface area contributed by atoms with Gasteiger partial charge in [0.1, 0.15) is 0 Å². The minimum absolute atomic E-state index is 0.259. The zero-order chi connectivity index (χ0) is 23.8. The summed E-state index contributed by atoms with van der Waals surface area (Å²) < 4.78 is 0. The average molecular weight is 475 g/mol. The van der Waals surface area contributed by atoms with Gasteiger partial charge in [0, 0.05) is 51.0 Å². The Morgan fingerprint density at radius 3 is 2.40 bits per heavy atom. The largest absolute Gasteiger partial charge is 0.339 e. The predicted octanol–water partition coefficient (Wildman–Crippen LogP) is 3.41. The third-order valence-corrected chi connectivity index (χ3v) is 9.15. The number of allylic oxidation sites excluding steroid dienone is 3. The maximum Gasteiger partial charge on any atom is 0.237 e. The molecule has 186 valence electrons. The molecule has 0 radical (unpaired) electrons. The standard InChI is InChI=1S/C29H38N4O2/c34-27(32-19-17-31(18-20-32)24-9-6-10-24)22-30-15-13-29(14-16-30)25-11-4-5-12-26(25)33(28(29)35)21-23-7-2-1-3-8-23/h1-4,7-8,11,24H,5-6,9-10,12-22H2. The molecular formula is C29H38N4O2. The minimum Gasteiger partial charge on any atom is -0.339 e. The normalized spacial score (nSPS) is 25.3. The highest BCUT2D eigenvalue weighted by Gasteiger charge is 2.52. The summed E-state index contributed by atoms with van der Waals surface area (Å²) in [7, 11) is 0. The molecule has 35 heavy (non-hydrogen) atoms. The van der Waals surface area contributed by atoms with Crippen LogP contribution in [0.5, 0.6) is 0 Å². The third-order valence-electron chi connectivity index (χ3n) is 9.15. The molecule has 0 bridgehead atoms. The highest BCUT2D eigenvalue weighted by atomic mass is 16.2. The summed E-state index contributed by atoms with van der Waals surface area (Å²) in [5.74, 6) is 0.533. The quantitative estimate of drug-likeness (QED) is 0.656. The first kappa shape index (κ1) is 23.0. The van der Waals surface area contributed by atoms with Gasteiger partial charge in [-0.05, 0) is 49.7 Å². The van der Waals surface area contributed by atoms with Crippen LogP contribution >= 0.6 is 0 Å². The summed E-state index contributed by atoms with van der Waals surface area (Å²) in [6.07, 6.45) is 12.1. The molecule has 2 amide bonds. The van der Waals surface area contributed by atoms with Crippen molar-refractivity contribution in [3.63, 3.8) is 0 Å². The molecule has 1 aromatic carbocycles. The number of amides is 2. The van der Waals surface area contributed by atoms with Gasteiger partial charge in [-0.15, -0.1) is 0 Å². The van der Waals surface area contributed by atoms with Gasteiger partial charge in [-0.3, -0.25) is 19.4 Å². The van der Waals surface area contributed by atoms with Crippen LogP contribution in [-0.4, -0.2) is 83.3 Å². The summed E-state index contributed by atoms with van der Waals surface area (Å²) in [4.78, 5) is 35.9. The fourth-order valence-corrected chi connectivity index (χ4v) is 6.75. The predicted molar refractivity (Wildman–Crippen MR) is 136 cm³/mol. The summed E-state index contributed by atoms with van der Waals surface area (Å²) in [6.45, 7) is 6.53. The van der Waals surface area contributed by atoms with Gasteiger partial charge < -0.3 is 9.80 Å². The lowest BCUT2D eigenvalue weighted by Gasteiger charge is -2.43. The Morgan fingerprint density at radius 1 is 0.971 bits per heavy atom. The van der Waals surface area contributed by atoms with Gasteiger partial charge >= 0.3 is 0 Å². The van der Waals surface area contributed by atoms with Crippen molar-refractivity contribution in [2.75, 3.05) is 45.8 Å². The van der Waals surface area contributed by atoms with Crippen LogP contribution in [0.15, 0.2) is 53.8 Å². The van der Waals surface area contributed by atoms with Crippen LogP contribution in [0.1, 0.15) is 50.5 Å². The van der Waals surface area contributed by atoms with E-state index in [1.54, 1.807) is 0 Å². The number of likely N-dealkylation sites (tertiary alicyclic amines) is 1. The van der Waals surface area contributed by atoms with Gasteiger partial charge in [0.25, 0.3) is 0 Å². The molecule has 1 saturated carbocycles. The molecule has 6 heteroatoms. The number of piperidine rings is 1. The molecule has 0 unspecified atom stereocenters. The van der Waals surface area contributed by atoms with Gasteiger partial charge in [-0.1, -0.05) is 48.9 Å². The Morgan fingerprint density at radius 2 is 1.71 bits per heavy atom. The van der Waals surface area contributed by atoms with Crippen molar-refractivity contribution in [2.24, 2.45) is 5.41 Å². The van der Waals surface area contributed by atoms with Crippen molar-refractivity contribution in [1.82, 2.24) is 19.6 Å². The second-order valence-corrected chi connectivity index (χ2v) is 11.0. The first-order valence-electron chi connectivity index (χ1n) is 13.6. The Kier molecular flexibility index (Phi) is 6.27. The number of nitrogens with zero attached hydrogens (tertiary/aromatic N) is 4. The molecule has 1 aromatic rings. The lowest BCUT2D eigenvalue weighted by atomic mass is 9.72. The highest BCUT2D eigenvalue weighted by molar-refractivity contribution is 5.92. The molecule has 0 atom stereocenters. The Balaban J connectivity index is 1.08. The smallest absolute Gasteiger partial charge is 0.237 e. The van der Waals surface area contributed by atoms with E-state index in [4.69, 9.17) is 0 Å². The van der Waals surface area contributed by atoms with Crippen molar-refractivity contribution in [1.29, 1.82) is 0 Å². The van der Waals surface area contributed by atoms with Crippen LogP contribution in [0, 0.1) is 5.41 Å². The zero-order valence-corrected chi connectivity index (χ0v) is 20.8. The molecule has 5 aliphatic rings. The molecule has 6 nitrogen and oxygen atoms in total. The van der Waals surface area contributed by atoms with Gasteiger partial charge in [-0.25, -0.2) is 0 Å². The fourth-order valence-electron chi connectivity index (χ4n) is 6.75. The lowest BCUT2D eigenvalue weighted by molar-refractivity contribution is -0.139. The van der Waals surface area contributed by atoms with E-state index in [0.29, 0.717) is 13.1 Å². The van der Waals surface area contributed by atoms with Crippen molar-refractivity contribution in [2.45, 2.75) is 57.5 Å². The third kappa shape index (κ3) is 4.25. The Bertz CT molecular complexity index is 1010. The van der Waals surface area contributed by atoms with Crippen molar-refractivity contribution >= 4 is 11.8 Å². The van der Waals surface area contributed by atoms with E-state index in [9.17, 15) is 9.59 Å². The maximum atomic E-state index is 13.9. The summed E-state index contributed by atoms with van der Waals surface area (Å²) >= 11 is 0. The number of hydrogen-bond donors (Lipinski definition) is 0. The number of benzene rings is 1. The van der Waals surface area contributed by atoms with Crippen LogP contribution in [0.25, 0.3) is 0 Å². The Hall–Kier alpha value is -2.44. The van der Waals surface area contributed by atoms with Crippen LogP contribution in [0.3, 0.4) is 0 Å². The van der Waals surface area contributed by atoms with Crippen molar-refractivity contribution < 1.29 is 9.59 Å². The average Bonchev–Trinajstić information content (AvgIpc) is 3.08. The van der Waals surface area contributed by atoms with E-state index in [1.165, 1.54) is 36.1 Å². The van der Waals surface area contributed by atoms with E-state index >= 15 is 0 Å². The molecule has 2 aliphatic carbocycles. The number of piperazine rings is 1. The summed E-state index contributed by atoms with van der Waals surface area (Å²) in [5, 5.41) is 0. The molecule has 3 fully saturated rings. The SMILES string of the molecule is O=C(CN1CCC2(CC1)C(=O)N(Cc1ccccc1)C1=C2C=CCC1)N1CCN(C2CCC2)CC1. The molecule has 6 rings (SSSR count). The number of rotatable bonds is 5. The number of carbonyl (C=O) groups is 2. The number of hydrogen-bond acceptors (Lipinski definition) is 4. The second-order valence-electron chi connectivity index (χ2n) is 11.0. The van der Waals surface area contributed by atoms with Crippen LogP contribution < -0.4 is 0 Å². The first-order valence-corrected chi connectivity index (χ1v) is 13.6.